The number of hydrogen-bond donors (Lipinski definition) is 0. The van der Waals surface area contributed by atoms with Crippen LogP contribution in [0.4, 0.5) is 0 Å². The van der Waals surface area contributed by atoms with Gasteiger partial charge in [0.1, 0.15) is 14.3 Å². The number of rotatable bonds is 8. The molecule has 1 spiro atoms. The van der Waals surface area contributed by atoms with Crippen LogP contribution in [-0.4, -0.2) is 12.3 Å². The summed E-state index contributed by atoms with van der Waals surface area (Å²) in [4.78, 5) is 0. The summed E-state index contributed by atoms with van der Waals surface area (Å²) in [6.07, 6.45) is 9.68. The normalized spacial score (nSPS) is 16.7. The minimum Gasteiger partial charge on any atom is -0.313 e. The zero-order valence-electron chi connectivity index (χ0n) is 22.2. The largest absolute Gasteiger partial charge is 0.313 e. The van der Waals surface area contributed by atoms with Gasteiger partial charge in [-0.15, -0.1) is 0 Å². The first-order chi connectivity index (χ1) is 19.0. The fourth-order valence-electron chi connectivity index (χ4n) is 6.60. The average Bonchev–Trinajstić information content (AvgIpc) is 3.60. The van der Waals surface area contributed by atoms with E-state index < -0.39 is 14.3 Å². The van der Waals surface area contributed by atoms with Gasteiger partial charge in [0.25, 0.3) is 0 Å². The fraction of sp³-hybridized carbons (Fsp3) is 0.200. The first-order valence-electron chi connectivity index (χ1n) is 13.8. The van der Waals surface area contributed by atoms with Crippen molar-refractivity contribution in [3.63, 3.8) is 0 Å². The summed E-state index contributed by atoms with van der Waals surface area (Å²) in [6.45, 7) is 0. The van der Waals surface area contributed by atoms with Gasteiger partial charge in [-0.2, -0.15) is 0 Å². The smallest absolute Gasteiger partial charge is 0.147 e. The Balaban J connectivity index is 1.39. The maximum Gasteiger partial charge on any atom is 0.147 e. The van der Waals surface area contributed by atoms with Crippen molar-refractivity contribution in [2.75, 3.05) is 12.3 Å². The van der Waals surface area contributed by atoms with Crippen molar-refractivity contribution < 1.29 is 9.13 Å². The molecule has 196 valence electrons. The molecule has 4 aromatic rings. The molecule has 0 aromatic heterocycles. The van der Waals surface area contributed by atoms with Crippen LogP contribution in [0.3, 0.4) is 0 Å². The van der Waals surface area contributed by atoms with Gasteiger partial charge >= 0.3 is 0 Å². The van der Waals surface area contributed by atoms with E-state index in [9.17, 15) is 0 Å². The van der Waals surface area contributed by atoms with Crippen LogP contribution >= 0.6 is 14.3 Å². The lowest BCUT2D eigenvalue weighted by atomic mass is 9.76. The van der Waals surface area contributed by atoms with Crippen LogP contribution < -0.4 is 21.2 Å². The zero-order valence-corrected chi connectivity index (χ0v) is 23.9. The van der Waals surface area contributed by atoms with Gasteiger partial charge < -0.3 is 9.13 Å². The highest BCUT2D eigenvalue weighted by molar-refractivity contribution is 7.79. The second kappa shape index (κ2) is 10.8. The predicted octanol–water partition coefficient (Wildman–Crippen LogP) is 7.44. The molecule has 0 heterocycles. The number of hydrogen-bond acceptors (Lipinski definition) is 2. The van der Waals surface area contributed by atoms with Crippen LogP contribution in [0.1, 0.15) is 25.7 Å². The third-order valence-corrected chi connectivity index (χ3v) is 14.7. The molecule has 0 atom stereocenters. The van der Waals surface area contributed by atoms with Gasteiger partial charge in [0.2, 0.25) is 0 Å². The Morgan fingerprint density at radius 3 is 1.03 bits per heavy atom. The van der Waals surface area contributed by atoms with Crippen molar-refractivity contribution in [2.24, 2.45) is 5.41 Å². The molecule has 0 aliphatic heterocycles. The van der Waals surface area contributed by atoms with Crippen molar-refractivity contribution in [2.45, 2.75) is 25.7 Å². The topological polar surface area (TPSA) is 34.1 Å². The Labute approximate surface area is 232 Å². The molecule has 0 radical (unpaired) electrons. The Hall–Kier alpha value is -3.18. The quantitative estimate of drug-likeness (QED) is 0.169. The molecule has 0 saturated carbocycles. The molecule has 4 aromatic carbocycles. The van der Waals surface area contributed by atoms with Gasteiger partial charge in [-0.1, -0.05) is 145 Å². The molecule has 0 amide bonds. The summed E-state index contributed by atoms with van der Waals surface area (Å²) in [5.74, 6) is 0. The monoisotopic (exact) mass is 548 g/mol. The predicted molar refractivity (Wildman–Crippen MR) is 166 cm³/mol. The summed E-state index contributed by atoms with van der Waals surface area (Å²) in [6, 6.07) is 39.9. The third-order valence-electron chi connectivity index (χ3n) is 8.63. The summed E-state index contributed by atoms with van der Waals surface area (Å²) >= 11 is 0. The highest BCUT2D eigenvalue weighted by Crippen LogP contribution is 2.60. The highest BCUT2D eigenvalue weighted by Gasteiger charge is 2.47. The molecule has 0 N–H and O–H groups in total. The van der Waals surface area contributed by atoms with Crippen LogP contribution in [0, 0.1) is 5.41 Å². The Morgan fingerprint density at radius 1 is 0.462 bits per heavy atom. The van der Waals surface area contributed by atoms with E-state index in [1.54, 1.807) is 0 Å². The van der Waals surface area contributed by atoms with E-state index in [1.807, 2.05) is 121 Å². The van der Waals surface area contributed by atoms with Crippen molar-refractivity contribution in [1.82, 2.24) is 0 Å². The van der Waals surface area contributed by atoms with E-state index in [0.717, 1.165) is 46.9 Å². The molecule has 2 aliphatic carbocycles. The van der Waals surface area contributed by atoms with Gasteiger partial charge in [-0.25, -0.2) is 0 Å². The second-order valence-electron chi connectivity index (χ2n) is 10.8. The van der Waals surface area contributed by atoms with Gasteiger partial charge in [-0.3, -0.25) is 0 Å². The summed E-state index contributed by atoms with van der Waals surface area (Å²) in [7, 11) is -5.82. The molecule has 0 saturated heterocycles. The summed E-state index contributed by atoms with van der Waals surface area (Å²) < 4.78 is 30.1. The van der Waals surface area contributed by atoms with E-state index in [1.165, 1.54) is 11.1 Å². The molecule has 2 aliphatic rings. The first kappa shape index (κ1) is 26.1. The maximum atomic E-state index is 15.0. The Kier molecular flexibility index (Phi) is 7.20. The maximum absolute atomic E-state index is 15.0. The Morgan fingerprint density at radius 2 is 0.744 bits per heavy atom. The molecule has 4 heteroatoms. The number of benzene rings is 4. The lowest BCUT2D eigenvalue weighted by Gasteiger charge is -2.35. The highest BCUT2D eigenvalue weighted by atomic mass is 31.2. The first-order valence-corrected chi connectivity index (χ1v) is 17.6. The lowest BCUT2D eigenvalue weighted by Crippen LogP contribution is -2.29. The molecular formula is C35H34O2P2. The van der Waals surface area contributed by atoms with Crippen LogP contribution in [-0.2, 0) is 9.13 Å². The molecule has 2 nitrogen and oxygen atoms in total. The van der Waals surface area contributed by atoms with Gasteiger partial charge in [-0.05, 0) is 25.7 Å². The molecular weight excluding hydrogens is 514 g/mol. The van der Waals surface area contributed by atoms with Crippen LogP contribution in [0.15, 0.2) is 145 Å². The van der Waals surface area contributed by atoms with Crippen molar-refractivity contribution in [3.05, 3.63) is 145 Å². The van der Waals surface area contributed by atoms with E-state index in [4.69, 9.17) is 0 Å². The van der Waals surface area contributed by atoms with Crippen LogP contribution in [0.5, 0.6) is 0 Å². The van der Waals surface area contributed by atoms with E-state index in [2.05, 4.69) is 12.2 Å². The van der Waals surface area contributed by atoms with Gasteiger partial charge in [0, 0.05) is 39.0 Å². The number of allylic oxidation sites excluding steroid dienone is 4. The van der Waals surface area contributed by atoms with Crippen molar-refractivity contribution >= 4 is 35.5 Å². The molecule has 39 heavy (non-hydrogen) atoms. The fourth-order valence-corrected chi connectivity index (χ4v) is 12.4. The summed E-state index contributed by atoms with van der Waals surface area (Å²) in [5, 5.41) is 3.62. The minimum absolute atomic E-state index is 0.168. The SMILES string of the molecule is O=P(CC1=CCCC12CCC=C2CP(=O)(c1ccccc1)c1ccccc1)(c1ccccc1)c1ccccc1. The average molecular weight is 549 g/mol. The van der Waals surface area contributed by atoms with Crippen molar-refractivity contribution in [3.8, 4) is 0 Å². The van der Waals surface area contributed by atoms with Gasteiger partial charge in [0.15, 0.2) is 0 Å². The van der Waals surface area contributed by atoms with E-state index in [-0.39, 0.29) is 5.41 Å². The zero-order chi connectivity index (χ0) is 26.8. The molecule has 6 rings (SSSR count). The van der Waals surface area contributed by atoms with Crippen LogP contribution in [0.2, 0.25) is 0 Å². The second-order valence-corrected chi connectivity index (χ2v) is 16.4. The lowest BCUT2D eigenvalue weighted by molar-refractivity contribution is 0.421. The van der Waals surface area contributed by atoms with E-state index >= 15 is 9.13 Å². The van der Waals surface area contributed by atoms with Gasteiger partial charge in [0.05, 0.1) is 0 Å². The minimum atomic E-state index is -2.91. The Bertz CT molecular complexity index is 1380. The van der Waals surface area contributed by atoms with Crippen LogP contribution in [0.25, 0.3) is 0 Å². The third kappa shape index (κ3) is 4.75. The van der Waals surface area contributed by atoms with E-state index in [0.29, 0.717) is 12.3 Å². The standard InChI is InChI=1S/C35H34O2P2/c36-38(31-17-5-1-6-18-31,32-19-7-2-8-20-32)27-29-15-13-25-35(29)26-14-16-30(35)28-39(37,33-21-9-3-10-22-33)34-23-11-4-12-24-34/h1-12,15-24H,13-14,25-28H2. The molecule has 0 unspecified atom stereocenters. The summed E-state index contributed by atoms with van der Waals surface area (Å²) in [5.41, 5.74) is 2.38. The molecule has 0 fully saturated rings. The molecule has 0 bridgehead atoms. The van der Waals surface area contributed by atoms with Crippen molar-refractivity contribution in [1.29, 1.82) is 0 Å².